The number of carboxylic acid groups (broad SMARTS) is 1. The molecule has 0 bridgehead atoms. The van der Waals surface area contributed by atoms with Gasteiger partial charge in [0.2, 0.25) is 5.91 Å². The Morgan fingerprint density at radius 1 is 1.29 bits per heavy atom. The molecule has 0 fully saturated rings. The van der Waals surface area contributed by atoms with E-state index in [4.69, 9.17) is 10.8 Å². The molecule has 0 radical (unpaired) electrons. The van der Waals surface area contributed by atoms with Crippen molar-refractivity contribution in [2.45, 2.75) is 44.7 Å². The molecular weight excluding hydrogens is 272 g/mol. The van der Waals surface area contributed by atoms with Gasteiger partial charge in [-0.15, -0.1) is 0 Å². The van der Waals surface area contributed by atoms with Gasteiger partial charge in [0.1, 0.15) is 11.8 Å². The van der Waals surface area contributed by atoms with Gasteiger partial charge in [0.15, 0.2) is 0 Å². The Labute approximate surface area is 124 Å². The first-order valence-electron chi connectivity index (χ1n) is 6.94. The van der Waals surface area contributed by atoms with Gasteiger partial charge in [0.05, 0.1) is 0 Å². The first-order valence-corrected chi connectivity index (χ1v) is 6.94. The van der Waals surface area contributed by atoms with Crippen LogP contribution in [0.5, 0.6) is 5.75 Å². The number of carbonyl (C=O) groups excluding carboxylic acids is 1. The van der Waals surface area contributed by atoms with Crippen LogP contribution in [-0.2, 0) is 16.0 Å². The number of hydrogen-bond acceptors (Lipinski definition) is 4. The molecule has 0 aliphatic rings. The third-order valence-electron chi connectivity index (χ3n) is 3.07. The van der Waals surface area contributed by atoms with Crippen LogP contribution in [0, 0.1) is 0 Å². The lowest BCUT2D eigenvalue weighted by atomic mass is 10.1. The SMILES string of the molecule is CC(N)CCCC(=O)N[C@@H](Cc1ccc(O)cc1)C(=O)O. The molecule has 0 saturated heterocycles. The summed E-state index contributed by atoms with van der Waals surface area (Å²) in [6.45, 7) is 1.86. The van der Waals surface area contributed by atoms with E-state index in [-0.39, 0.29) is 30.5 Å². The maximum atomic E-state index is 11.7. The Bertz CT molecular complexity index is 471. The molecule has 0 aliphatic carbocycles. The van der Waals surface area contributed by atoms with Crippen molar-refractivity contribution < 1.29 is 19.8 Å². The summed E-state index contributed by atoms with van der Waals surface area (Å²) in [5.74, 6) is -1.25. The van der Waals surface area contributed by atoms with Crippen molar-refractivity contribution in [3.05, 3.63) is 29.8 Å². The number of nitrogens with one attached hydrogen (secondary N) is 1. The molecule has 5 N–H and O–H groups in total. The summed E-state index contributed by atoms with van der Waals surface area (Å²) in [4.78, 5) is 22.9. The average Bonchev–Trinajstić information content (AvgIpc) is 2.40. The molecule has 1 aromatic carbocycles. The van der Waals surface area contributed by atoms with Crippen LogP contribution < -0.4 is 11.1 Å². The van der Waals surface area contributed by atoms with Crippen molar-refractivity contribution in [1.29, 1.82) is 0 Å². The Morgan fingerprint density at radius 3 is 2.43 bits per heavy atom. The van der Waals surface area contributed by atoms with E-state index in [0.29, 0.717) is 6.42 Å². The van der Waals surface area contributed by atoms with Crippen LogP contribution in [0.4, 0.5) is 0 Å². The van der Waals surface area contributed by atoms with Gasteiger partial charge >= 0.3 is 5.97 Å². The van der Waals surface area contributed by atoms with E-state index in [1.807, 2.05) is 6.92 Å². The van der Waals surface area contributed by atoms with Gasteiger partial charge in [-0.05, 0) is 37.5 Å². The van der Waals surface area contributed by atoms with Gasteiger partial charge in [0.25, 0.3) is 0 Å². The highest BCUT2D eigenvalue weighted by molar-refractivity contribution is 5.83. The molecule has 6 nitrogen and oxygen atoms in total. The largest absolute Gasteiger partial charge is 0.508 e. The molecule has 1 unspecified atom stereocenters. The number of phenols is 1. The second-order valence-electron chi connectivity index (χ2n) is 5.20. The Kier molecular flexibility index (Phi) is 6.68. The maximum Gasteiger partial charge on any atom is 0.326 e. The molecule has 0 aliphatic heterocycles. The van der Waals surface area contributed by atoms with Crippen molar-refractivity contribution in [3.8, 4) is 5.75 Å². The molecule has 21 heavy (non-hydrogen) atoms. The number of amides is 1. The summed E-state index contributed by atoms with van der Waals surface area (Å²) in [6, 6.07) is 5.29. The van der Waals surface area contributed by atoms with Crippen LogP contribution >= 0.6 is 0 Å². The molecular formula is C15H22N2O4. The molecule has 1 rings (SSSR count). The first-order chi connectivity index (χ1) is 9.88. The van der Waals surface area contributed by atoms with E-state index in [0.717, 1.165) is 12.0 Å². The van der Waals surface area contributed by atoms with Crippen LogP contribution in [0.1, 0.15) is 31.7 Å². The topological polar surface area (TPSA) is 113 Å². The zero-order valence-corrected chi connectivity index (χ0v) is 12.1. The van der Waals surface area contributed by atoms with Gasteiger partial charge in [-0.3, -0.25) is 4.79 Å². The molecule has 0 aromatic heterocycles. The molecule has 0 heterocycles. The Hall–Kier alpha value is -2.08. The second-order valence-corrected chi connectivity index (χ2v) is 5.20. The lowest BCUT2D eigenvalue weighted by Gasteiger charge is -2.15. The van der Waals surface area contributed by atoms with E-state index in [1.165, 1.54) is 12.1 Å². The van der Waals surface area contributed by atoms with Gasteiger partial charge in [0, 0.05) is 18.9 Å². The lowest BCUT2D eigenvalue weighted by molar-refractivity contribution is -0.141. The van der Waals surface area contributed by atoms with E-state index >= 15 is 0 Å². The van der Waals surface area contributed by atoms with Crippen LogP contribution in [0.2, 0.25) is 0 Å². The minimum atomic E-state index is -1.08. The number of carboxylic acids is 1. The fraction of sp³-hybridized carbons (Fsp3) is 0.467. The molecule has 2 atom stereocenters. The number of carbonyl (C=O) groups is 2. The molecule has 116 valence electrons. The zero-order valence-electron chi connectivity index (χ0n) is 12.1. The smallest absolute Gasteiger partial charge is 0.326 e. The van der Waals surface area contributed by atoms with Gasteiger partial charge in [-0.2, -0.15) is 0 Å². The Balaban J connectivity index is 2.51. The van der Waals surface area contributed by atoms with Gasteiger partial charge < -0.3 is 21.3 Å². The predicted molar refractivity (Wildman–Crippen MR) is 78.9 cm³/mol. The zero-order chi connectivity index (χ0) is 15.8. The molecule has 1 amide bonds. The number of aliphatic carboxylic acids is 1. The van der Waals surface area contributed by atoms with Crippen LogP contribution in [0.25, 0.3) is 0 Å². The lowest BCUT2D eigenvalue weighted by Crippen LogP contribution is -2.42. The summed E-state index contributed by atoms with van der Waals surface area (Å²) >= 11 is 0. The van der Waals surface area contributed by atoms with Crippen molar-refractivity contribution in [2.24, 2.45) is 5.73 Å². The number of hydrogen-bond donors (Lipinski definition) is 4. The predicted octanol–water partition coefficient (Wildman–Crippen LogP) is 1.02. The normalized spacial score (nSPS) is 13.4. The number of rotatable bonds is 8. The highest BCUT2D eigenvalue weighted by Gasteiger charge is 2.20. The number of benzene rings is 1. The van der Waals surface area contributed by atoms with Gasteiger partial charge in [-0.25, -0.2) is 4.79 Å². The number of aromatic hydroxyl groups is 1. The van der Waals surface area contributed by atoms with Crippen molar-refractivity contribution in [3.63, 3.8) is 0 Å². The van der Waals surface area contributed by atoms with E-state index in [9.17, 15) is 14.7 Å². The summed E-state index contributed by atoms with van der Waals surface area (Å²) in [6.07, 6.45) is 1.80. The standard InChI is InChI=1S/C15H22N2O4/c1-10(16)3-2-4-14(19)17-13(15(20)21)9-11-5-7-12(18)8-6-11/h5-8,10,13,18H,2-4,9,16H2,1H3,(H,17,19)(H,20,21)/t10?,13-/m0/s1. The third-order valence-corrected chi connectivity index (χ3v) is 3.07. The van der Waals surface area contributed by atoms with E-state index in [2.05, 4.69) is 5.32 Å². The summed E-state index contributed by atoms with van der Waals surface area (Å²) in [5, 5.41) is 20.9. The number of nitrogens with two attached hydrogens (primary N) is 1. The van der Waals surface area contributed by atoms with Crippen molar-refractivity contribution in [1.82, 2.24) is 5.32 Å². The fourth-order valence-corrected chi connectivity index (χ4v) is 1.92. The first kappa shape index (κ1) is 17.0. The monoisotopic (exact) mass is 294 g/mol. The molecule has 0 spiro atoms. The van der Waals surface area contributed by atoms with Crippen molar-refractivity contribution >= 4 is 11.9 Å². The summed E-state index contributed by atoms with van der Waals surface area (Å²) < 4.78 is 0. The van der Waals surface area contributed by atoms with Crippen LogP contribution in [0.15, 0.2) is 24.3 Å². The molecule has 1 aromatic rings. The van der Waals surface area contributed by atoms with E-state index in [1.54, 1.807) is 12.1 Å². The maximum absolute atomic E-state index is 11.7. The molecule has 0 saturated carbocycles. The summed E-state index contributed by atoms with van der Waals surface area (Å²) in [7, 11) is 0. The molecule has 6 heteroatoms. The van der Waals surface area contributed by atoms with Crippen LogP contribution in [0.3, 0.4) is 0 Å². The van der Waals surface area contributed by atoms with Gasteiger partial charge in [-0.1, -0.05) is 12.1 Å². The highest BCUT2D eigenvalue weighted by Crippen LogP contribution is 2.11. The average molecular weight is 294 g/mol. The van der Waals surface area contributed by atoms with Crippen molar-refractivity contribution in [2.75, 3.05) is 0 Å². The van der Waals surface area contributed by atoms with Crippen LogP contribution in [-0.4, -0.2) is 34.2 Å². The second kappa shape index (κ2) is 8.26. The third kappa shape index (κ3) is 6.76. The quantitative estimate of drug-likeness (QED) is 0.572. The highest BCUT2D eigenvalue weighted by atomic mass is 16.4. The Morgan fingerprint density at radius 2 is 1.90 bits per heavy atom. The number of phenolic OH excluding ortho intramolecular Hbond substituents is 1. The minimum Gasteiger partial charge on any atom is -0.508 e. The summed E-state index contributed by atoms with van der Waals surface area (Å²) in [5.41, 5.74) is 6.33. The fourth-order valence-electron chi connectivity index (χ4n) is 1.92. The minimum absolute atomic E-state index is 0.0325. The van der Waals surface area contributed by atoms with E-state index < -0.39 is 12.0 Å².